The molecule has 0 rings (SSSR count). The zero-order chi connectivity index (χ0) is 40.8. The SMILES string of the molecule is CCC/C=C\CCCCCCCC(=O)OCC(COC(=O)CCCCCCC/C=C\CCCCCCCC)OC(=O)CCCCCCCCCCCCCCC. The van der Waals surface area contributed by atoms with Gasteiger partial charge in [-0.25, -0.2) is 0 Å². The fraction of sp³-hybridized carbons (Fsp3) is 0.860. The van der Waals surface area contributed by atoms with Gasteiger partial charge in [-0.05, 0) is 64.2 Å². The highest BCUT2D eigenvalue weighted by molar-refractivity contribution is 5.71. The largest absolute Gasteiger partial charge is 0.462 e. The molecule has 56 heavy (non-hydrogen) atoms. The van der Waals surface area contributed by atoms with Crippen molar-refractivity contribution in [3.63, 3.8) is 0 Å². The summed E-state index contributed by atoms with van der Waals surface area (Å²) < 4.78 is 16.7. The Hall–Kier alpha value is -2.11. The maximum absolute atomic E-state index is 12.7. The molecule has 0 saturated carbocycles. The highest BCUT2D eigenvalue weighted by Gasteiger charge is 2.19. The molecule has 0 saturated heterocycles. The lowest BCUT2D eigenvalue weighted by atomic mass is 10.0. The van der Waals surface area contributed by atoms with Crippen LogP contribution in [0.2, 0.25) is 0 Å². The molecule has 0 aromatic carbocycles. The van der Waals surface area contributed by atoms with Crippen molar-refractivity contribution in [1.82, 2.24) is 0 Å². The van der Waals surface area contributed by atoms with Gasteiger partial charge in [-0.2, -0.15) is 0 Å². The van der Waals surface area contributed by atoms with Crippen LogP contribution in [-0.4, -0.2) is 37.2 Å². The minimum absolute atomic E-state index is 0.0752. The van der Waals surface area contributed by atoms with E-state index in [9.17, 15) is 14.4 Å². The number of unbranched alkanes of at least 4 members (excludes halogenated alkanes) is 29. The van der Waals surface area contributed by atoms with E-state index in [0.717, 1.165) is 77.0 Å². The zero-order valence-electron chi connectivity index (χ0n) is 37.4. The van der Waals surface area contributed by atoms with Gasteiger partial charge in [0.05, 0.1) is 0 Å². The highest BCUT2D eigenvalue weighted by atomic mass is 16.6. The summed E-state index contributed by atoms with van der Waals surface area (Å²) >= 11 is 0. The van der Waals surface area contributed by atoms with Crippen LogP contribution in [0.3, 0.4) is 0 Å². The molecule has 6 heteroatoms. The highest BCUT2D eigenvalue weighted by Crippen LogP contribution is 2.15. The second-order valence-corrected chi connectivity index (χ2v) is 16.4. The first-order valence-electron chi connectivity index (χ1n) is 24.3. The molecule has 0 radical (unpaired) electrons. The summed E-state index contributed by atoms with van der Waals surface area (Å²) in [6.45, 7) is 6.57. The summed E-state index contributed by atoms with van der Waals surface area (Å²) in [4.78, 5) is 37.8. The summed E-state index contributed by atoms with van der Waals surface area (Å²) in [7, 11) is 0. The van der Waals surface area contributed by atoms with Crippen molar-refractivity contribution >= 4 is 17.9 Å². The molecule has 0 spiro atoms. The standard InChI is InChI=1S/C50H92O6/c1-4-7-10-13-16-19-22-24-25-27-28-31-34-37-40-43-49(52)55-46-47(45-54-48(51)42-39-36-33-30-21-18-15-12-9-6-3)56-50(53)44-41-38-35-32-29-26-23-20-17-14-11-8-5-2/h12,15,24-25,47H,4-11,13-14,16-23,26-46H2,1-3H3/b15-12-,25-24-. The van der Waals surface area contributed by atoms with Crippen molar-refractivity contribution in [2.75, 3.05) is 13.2 Å². The number of hydrogen-bond donors (Lipinski definition) is 0. The smallest absolute Gasteiger partial charge is 0.306 e. The number of hydrogen-bond acceptors (Lipinski definition) is 6. The number of ether oxygens (including phenoxy) is 3. The quantitative estimate of drug-likeness (QED) is 0.0265. The molecule has 0 aliphatic carbocycles. The molecular formula is C50H92O6. The van der Waals surface area contributed by atoms with Gasteiger partial charge in [0.15, 0.2) is 6.10 Å². The lowest BCUT2D eigenvalue weighted by Gasteiger charge is -2.18. The molecular weight excluding hydrogens is 697 g/mol. The van der Waals surface area contributed by atoms with Gasteiger partial charge in [0, 0.05) is 19.3 Å². The van der Waals surface area contributed by atoms with E-state index >= 15 is 0 Å². The molecule has 0 bridgehead atoms. The Balaban J connectivity index is 4.34. The van der Waals surface area contributed by atoms with Gasteiger partial charge in [0.1, 0.15) is 13.2 Å². The first-order valence-corrected chi connectivity index (χ1v) is 24.3. The lowest BCUT2D eigenvalue weighted by Crippen LogP contribution is -2.30. The maximum Gasteiger partial charge on any atom is 0.306 e. The van der Waals surface area contributed by atoms with Crippen LogP contribution in [-0.2, 0) is 28.6 Å². The van der Waals surface area contributed by atoms with Crippen LogP contribution in [0, 0.1) is 0 Å². The van der Waals surface area contributed by atoms with E-state index in [1.165, 1.54) is 141 Å². The van der Waals surface area contributed by atoms with E-state index < -0.39 is 6.10 Å². The van der Waals surface area contributed by atoms with Crippen molar-refractivity contribution in [3.05, 3.63) is 24.3 Å². The summed E-state index contributed by atoms with van der Waals surface area (Å²) in [6, 6.07) is 0. The van der Waals surface area contributed by atoms with Gasteiger partial charge in [0.2, 0.25) is 0 Å². The van der Waals surface area contributed by atoms with Gasteiger partial charge in [-0.1, -0.05) is 199 Å². The van der Waals surface area contributed by atoms with Crippen LogP contribution in [0.25, 0.3) is 0 Å². The van der Waals surface area contributed by atoms with Gasteiger partial charge < -0.3 is 14.2 Å². The van der Waals surface area contributed by atoms with Gasteiger partial charge in [0.25, 0.3) is 0 Å². The van der Waals surface area contributed by atoms with Gasteiger partial charge in [-0.3, -0.25) is 14.4 Å². The van der Waals surface area contributed by atoms with Crippen molar-refractivity contribution in [2.45, 2.75) is 264 Å². The summed E-state index contributed by atoms with van der Waals surface area (Å²) in [5.74, 6) is -0.885. The third-order valence-electron chi connectivity index (χ3n) is 10.7. The molecule has 0 amide bonds. The molecule has 6 nitrogen and oxygen atoms in total. The monoisotopic (exact) mass is 789 g/mol. The summed E-state index contributed by atoms with van der Waals surface area (Å²) in [6.07, 6.45) is 50.1. The van der Waals surface area contributed by atoms with E-state index in [4.69, 9.17) is 14.2 Å². The maximum atomic E-state index is 12.7. The van der Waals surface area contributed by atoms with Crippen molar-refractivity contribution in [2.24, 2.45) is 0 Å². The summed E-state index contributed by atoms with van der Waals surface area (Å²) in [5.41, 5.74) is 0. The van der Waals surface area contributed by atoms with Crippen molar-refractivity contribution in [1.29, 1.82) is 0 Å². The first-order chi connectivity index (χ1) is 27.5. The Kier molecular flexibility index (Phi) is 43.9. The Morgan fingerprint density at radius 1 is 0.339 bits per heavy atom. The minimum atomic E-state index is -0.771. The average Bonchev–Trinajstić information content (AvgIpc) is 3.19. The van der Waals surface area contributed by atoms with Crippen molar-refractivity contribution in [3.8, 4) is 0 Å². The van der Waals surface area contributed by atoms with Crippen LogP contribution in [0.5, 0.6) is 0 Å². The van der Waals surface area contributed by atoms with Crippen LogP contribution >= 0.6 is 0 Å². The number of rotatable bonds is 44. The van der Waals surface area contributed by atoms with E-state index in [2.05, 4.69) is 45.1 Å². The average molecular weight is 789 g/mol. The molecule has 0 aromatic rings. The first kappa shape index (κ1) is 53.9. The summed E-state index contributed by atoms with van der Waals surface area (Å²) in [5, 5.41) is 0. The van der Waals surface area contributed by atoms with Crippen LogP contribution in [0.15, 0.2) is 24.3 Å². The number of carbonyl (C=O) groups excluding carboxylic acids is 3. The third-order valence-corrected chi connectivity index (χ3v) is 10.7. The van der Waals surface area contributed by atoms with Crippen LogP contribution in [0.1, 0.15) is 258 Å². The molecule has 0 aliphatic heterocycles. The number of carbonyl (C=O) groups is 3. The Bertz CT molecular complexity index is 911. The van der Waals surface area contributed by atoms with E-state index in [1.54, 1.807) is 0 Å². The van der Waals surface area contributed by atoms with Crippen LogP contribution in [0.4, 0.5) is 0 Å². The fourth-order valence-electron chi connectivity index (χ4n) is 6.97. The van der Waals surface area contributed by atoms with E-state index in [-0.39, 0.29) is 31.1 Å². The molecule has 328 valence electrons. The van der Waals surface area contributed by atoms with E-state index in [1.807, 2.05) is 0 Å². The topological polar surface area (TPSA) is 78.9 Å². The fourth-order valence-corrected chi connectivity index (χ4v) is 6.97. The molecule has 0 aliphatic rings. The second kappa shape index (κ2) is 45.6. The molecule has 1 unspecified atom stereocenters. The zero-order valence-corrected chi connectivity index (χ0v) is 37.4. The molecule has 0 N–H and O–H groups in total. The predicted octanol–water partition coefficient (Wildman–Crippen LogP) is 15.6. The Morgan fingerprint density at radius 3 is 0.964 bits per heavy atom. The van der Waals surface area contributed by atoms with E-state index in [0.29, 0.717) is 19.3 Å². The lowest BCUT2D eigenvalue weighted by molar-refractivity contribution is -0.167. The van der Waals surface area contributed by atoms with Gasteiger partial charge >= 0.3 is 17.9 Å². The van der Waals surface area contributed by atoms with Crippen LogP contribution < -0.4 is 0 Å². The second-order valence-electron chi connectivity index (χ2n) is 16.4. The Labute approximate surface area is 347 Å². The normalized spacial score (nSPS) is 12.1. The molecule has 0 heterocycles. The van der Waals surface area contributed by atoms with Crippen molar-refractivity contribution < 1.29 is 28.6 Å². The van der Waals surface area contributed by atoms with Gasteiger partial charge in [-0.15, -0.1) is 0 Å². The third kappa shape index (κ3) is 43.0. The molecule has 1 atom stereocenters. The molecule has 0 aromatic heterocycles. The number of esters is 3. The Morgan fingerprint density at radius 2 is 0.625 bits per heavy atom. The minimum Gasteiger partial charge on any atom is -0.462 e. The predicted molar refractivity (Wildman–Crippen MR) is 238 cm³/mol. The number of allylic oxidation sites excluding steroid dienone is 4. The molecule has 0 fully saturated rings.